The molecule has 0 rings (SSSR count). The second kappa shape index (κ2) is 9.90. The summed E-state index contributed by atoms with van der Waals surface area (Å²) >= 11 is 4.01. The van der Waals surface area contributed by atoms with Crippen LogP contribution in [0.4, 0.5) is 0 Å². The SMILES string of the molecule is [Mo][S][S][Mo].[Pt]. The molecule has 0 saturated carbocycles. The molecule has 0 aromatic heterocycles. The predicted octanol–water partition coefficient (Wildman–Crippen LogP) is 1.29. The Morgan fingerprint density at radius 2 is 1.20 bits per heavy atom. The molecule has 0 bridgehead atoms. The Morgan fingerprint density at radius 3 is 1.20 bits per heavy atom. The van der Waals surface area contributed by atoms with Gasteiger partial charge in [-0.25, -0.2) is 0 Å². The fourth-order valence-electron chi connectivity index (χ4n) is 0. The molecule has 0 unspecified atom stereocenters. The van der Waals surface area contributed by atoms with E-state index in [4.69, 9.17) is 0 Å². The minimum Gasteiger partial charge on any atom is 0 e. The monoisotopic (exact) mass is 455 g/mol. The van der Waals surface area contributed by atoms with Gasteiger partial charge in [-0.15, -0.1) is 0 Å². The summed E-state index contributed by atoms with van der Waals surface area (Å²) in [5, 5.41) is 0. The predicted molar refractivity (Wildman–Crippen MR) is 15.2 cm³/mol. The molecule has 0 heterocycles. The van der Waals surface area contributed by atoms with Crippen LogP contribution in [-0.2, 0) is 58.1 Å². The molecule has 0 atom stereocenters. The molecule has 0 spiro atoms. The maximum atomic E-state index is 2.01. The van der Waals surface area contributed by atoms with Gasteiger partial charge in [0.15, 0.2) is 0 Å². The first-order valence-electron chi connectivity index (χ1n) is 0.500. The van der Waals surface area contributed by atoms with E-state index in [-0.39, 0.29) is 21.1 Å². The summed E-state index contributed by atoms with van der Waals surface area (Å²) in [5.74, 6) is 0. The Morgan fingerprint density at radius 1 is 1.00 bits per heavy atom. The van der Waals surface area contributed by atoms with Gasteiger partial charge in [-0.2, -0.15) is 0 Å². The third kappa shape index (κ3) is 10.8. The van der Waals surface area contributed by atoms with Crippen LogP contribution in [0.1, 0.15) is 0 Å². The molecule has 0 amide bonds. The largest absolute Gasteiger partial charge is 0 e. The zero-order valence-corrected chi connectivity index (χ0v) is 9.87. The Balaban J connectivity index is 0. The molecule has 0 aromatic carbocycles. The second-order valence-corrected chi connectivity index (χ2v) is 7.25. The molecule has 0 aliphatic rings. The van der Waals surface area contributed by atoms with Gasteiger partial charge in [0.25, 0.3) is 0 Å². The van der Waals surface area contributed by atoms with Crippen LogP contribution in [0.2, 0.25) is 0 Å². The molecule has 0 saturated heterocycles. The smallest absolute Gasteiger partial charge is 0 e. The number of hydrogen-bond donors (Lipinski definition) is 0. The minimum atomic E-state index is 0. The van der Waals surface area contributed by atoms with Gasteiger partial charge < -0.3 is 0 Å². The third-order valence-electron chi connectivity index (χ3n) is 0.0278. The molecule has 0 aromatic rings. The zero-order chi connectivity index (χ0) is 3.41. The van der Waals surface area contributed by atoms with Crippen LogP contribution in [0.15, 0.2) is 0 Å². The average molecular weight is 451 g/mol. The van der Waals surface area contributed by atoms with E-state index < -0.39 is 0 Å². The average Bonchev–Trinajstić information content (AvgIpc) is 1.37. The van der Waals surface area contributed by atoms with E-state index in [0.717, 1.165) is 0 Å². The first kappa shape index (κ1) is 10.7. The summed E-state index contributed by atoms with van der Waals surface area (Å²) in [7, 11) is 3.58. The van der Waals surface area contributed by atoms with Gasteiger partial charge in [-0.3, -0.25) is 0 Å². The van der Waals surface area contributed by atoms with Crippen molar-refractivity contribution in [3.63, 3.8) is 0 Å². The van der Waals surface area contributed by atoms with Crippen molar-refractivity contribution in [2.24, 2.45) is 0 Å². The number of rotatable bonds is 1. The van der Waals surface area contributed by atoms with Gasteiger partial charge in [-0.05, 0) is 0 Å². The van der Waals surface area contributed by atoms with Crippen molar-refractivity contribution < 1.29 is 58.1 Å². The fourth-order valence-corrected chi connectivity index (χ4v) is 0. The van der Waals surface area contributed by atoms with Crippen molar-refractivity contribution in [1.82, 2.24) is 0 Å². The van der Waals surface area contributed by atoms with Gasteiger partial charge in [0.1, 0.15) is 0 Å². The second-order valence-electron chi connectivity index (χ2n) is 0.136. The summed E-state index contributed by atoms with van der Waals surface area (Å²) in [5.41, 5.74) is 0. The van der Waals surface area contributed by atoms with Crippen LogP contribution < -0.4 is 0 Å². The molecule has 5 heavy (non-hydrogen) atoms. The molecule has 5 heteroatoms. The minimum absolute atomic E-state index is 0. The van der Waals surface area contributed by atoms with Crippen molar-refractivity contribution in [1.29, 1.82) is 0 Å². The van der Waals surface area contributed by atoms with Gasteiger partial charge in [0.05, 0.1) is 0 Å². The van der Waals surface area contributed by atoms with E-state index in [1.54, 1.807) is 17.0 Å². The first-order valence-corrected chi connectivity index (χ1v) is 7.42. The molecular weight excluding hydrogens is 451 g/mol. The van der Waals surface area contributed by atoms with Crippen LogP contribution >= 0.6 is 17.0 Å². The molecule has 34 valence electrons. The number of hydrogen-bond acceptors (Lipinski definition) is 2. The van der Waals surface area contributed by atoms with E-state index >= 15 is 0 Å². The van der Waals surface area contributed by atoms with Crippen molar-refractivity contribution in [2.75, 3.05) is 0 Å². The van der Waals surface area contributed by atoms with E-state index in [1.807, 2.05) is 37.1 Å². The maximum Gasteiger partial charge on any atom is 0 e. The standard InChI is InChI=1S/2Mo.Pt.S2/c;;;1-2/q2*+1;;-2. The van der Waals surface area contributed by atoms with Crippen molar-refractivity contribution >= 4 is 17.0 Å². The first-order chi connectivity index (χ1) is 1.91. The van der Waals surface area contributed by atoms with E-state index in [1.165, 1.54) is 0 Å². The molecule has 0 nitrogen and oxygen atoms in total. The molecule has 0 aliphatic carbocycles. The van der Waals surface area contributed by atoms with Crippen LogP contribution in [0.3, 0.4) is 0 Å². The van der Waals surface area contributed by atoms with Crippen LogP contribution in [-0.4, -0.2) is 0 Å². The molecule has 0 fully saturated rings. The Bertz CT molecular complexity index is 9.61. The van der Waals surface area contributed by atoms with Crippen LogP contribution in [0.5, 0.6) is 0 Å². The molecule has 0 N–H and O–H groups in total. The van der Waals surface area contributed by atoms with Crippen LogP contribution in [0.25, 0.3) is 0 Å². The van der Waals surface area contributed by atoms with Crippen molar-refractivity contribution in [2.45, 2.75) is 0 Å². The Kier molecular flexibility index (Phi) is 21.2. The van der Waals surface area contributed by atoms with E-state index in [2.05, 4.69) is 0 Å². The van der Waals surface area contributed by atoms with Crippen LogP contribution in [0, 0.1) is 0 Å². The van der Waals surface area contributed by atoms with Gasteiger partial charge in [0.2, 0.25) is 0 Å². The molecule has 0 aliphatic heterocycles. The quantitative estimate of drug-likeness (QED) is 0.436. The third-order valence-corrected chi connectivity index (χ3v) is 8.75. The van der Waals surface area contributed by atoms with Crippen molar-refractivity contribution in [3.8, 4) is 0 Å². The zero-order valence-electron chi connectivity index (χ0n) is 1.95. The Hall–Kier alpha value is 2.76. The van der Waals surface area contributed by atoms with Gasteiger partial charge in [-0.1, -0.05) is 0 Å². The van der Waals surface area contributed by atoms with Crippen molar-refractivity contribution in [3.05, 3.63) is 0 Å². The van der Waals surface area contributed by atoms with Gasteiger partial charge in [0, 0.05) is 21.1 Å². The van der Waals surface area contributed by atoms with Gasteiger partial charge >= 0.3 is 54.1 Å². The Labute approximate surface area is 73.9 Å². The summed E-state index contributed by atoms with van der Waals surface area (Å²) in [6, 6.07) is 0. The molecule has 0 radical (unpaired) electrons. The van der Waals surface area contributed by atoms with E-state index in [9.17, 15) is 0 Å². The summed E-state index contributed by atoms with van der Waals surface area (Å²) in [6.07, 6.45) is 0. The fraction of sp³-hybridized carbons (Fsp3) is 0. The topological polar surface area (TPSA) is 0 Å². The van der Waals surface area contributed by atoms with E-state index in [0.29, 0.717) is 0 Å². The summed E-state index contributed by atoms with van der Waals surface area (Å²) in [4.78, 5) is 0. The summed E-state index contributed by atoms with van der Waals surface area (Å²) in [6.45, 7) is 0. The maximum absolute atomic E-state index is 2.01. The normalized spacial score (nSPS) is 5.60. The molecular formula is Mo2PtS2. The summed E-state index contributed by atoms with van der Waals surface area (Å²) < 4.78 is 0.